The van der Waals surface area contributed by atoms with Crippen LogP contribution in [0.25, 0.3) is 11.1 Å². The zero-order chi connectivity index (χ0) is 29.2. The summed E-state index contributed by atoms with van der Waals surface area (Å²) in [6.07, 6.45) is 4.18. The molecule has 3 aliphatic heterocycles. The molecular formula is C31H37N5O6. The van der Waals surface area contributed by atoms with Gasteiger partial charge in [0.05, 0.1) is 30.6 Å². The van der Waals surface area contributed by atoms with Gasteiger partial charge in [-0.25, -0.2) is 0 Å². The van der Waals surface area contributed by atoms with Gasteiger partial charge >= 0.3 is 0 Å². The largest absolute Gasteiger partial charge is 0.508 e. The van der Waals surface area contributed by atoms with Crippen molar-refractivity contribution in [3.05, 3.63) is 66.0 Å². The Morgan fingerprint density at radius 3 is 2.74 bits per heavy atom. The number of carbonyl (C=O) groups is 2. The van der Waals surface area contributed by atoms with E-state index in [2.05, 4.69) is 15.3 Å². The van der Waals surface area contributed by atoms with Gasteiger partial charge in [-0.05, 0) is 36.6 Å². The van der Waals surface area contributed by atoms with Gasteiger partial charge in [0.15, 0.2) is 0 Å². The summed E-state index contributed by atoms with van der Waals surface area (Å²) >= 11 is 0. The monoisotopic (exact) mass is 575 g/mol. The van der Waals surface area contributed by atoms with Crippen LogP contribution in [0.5, 0.6) is 11.5 Å². The first-order chi connectivity index (χ1) is 20.4. The topological polar surface area (TPSA) is 129 Å². The third kappa shape index (κ3) is 5.99. The number of nitrogens with zero attached hydrogens (tertiary/aromatic N) is 4. The standard InChI is InChI=1S/C31H37N5O6/c1-34-17-22(15-33-34)20-6-8-24-28(14-20)41-13-10-23-7-9-27(38)29(42-23)16-32-30(39)25-19-35(11-12-36(25)31(24)40)18-21-4-2-3-5-26(21)37/h2-6,8,14-15,17,23,25,27,29,37-38H,7,9-13,16,18-19H2,1H3,(H,32,39)/t23-,25-,27-,29+/m0/s1. The SMILES string of the molecule is Cn1cc(-c2ccc3c(c2)OCC[C@@H]2CC[C@H](O)[C@@H](CNC(=O)[C@@H]4CN(Cc5ccccc5O)CCN4C3=O)O2)cn1. The molecule has 11 heteroatoms. The smallest absolute Gasteiger partial charge is 0.258 e. The van der Waals surface area contributed by atoms with Gasteiger partial charge < -0.3 is 29.9 Å². The van der Waals surface area contributed by atoms with Crippen LogP contribution in [0.4, 0.5) is 0 Å². The first-order valence-electron chi connectivity index (χ1n) is 14.5. The molecular weight excluding hydrogens is 538 g/mol. The molecule has 11 nitrogen and oxygen atoms in total. The van der Waals surface area contributed by atoms with Crippen molar-refractivity contribution in [1.29, 1.82) is 0 Å². The van der Waals surface area contributed by atoms with Gasteiger partial charge in [0.2, 0.25) is 5.91 Å². The molecule has 2 aromatic carbocycles. The zero-order valence-electron chi connectivity index (χ0n) is 23.7. The minimum Gasteiger partial charge on any atom is -0.508 e. The zero-order valence-corrected chi connectivity index (χ0v) is 23.7. The number of ether oxygens (including phenoxy) is 2. The van der Waals surface area contributed by atoms with E-state index < -0.39 is 18.2 Å². The van der Waals surface area contributed by atoms with Crippen molar-refractivity contribution in [2.75, 3.05) is 32.8 Å². The first-order valence-corrected chi connectivity index (χ1v) is 14.5. The minimum absolute atomic E-state index is 0.126. The number of nitrogens with one attached hydrogen (secondary N) is 1. The fourth-order valence-corrected chi connectivity index (χ4v) is 6.02. The van der Waals surface area contributed by atoms with Crippen molar-refractivity contribution < 1.29 is 29.3 Å². The van der Waals surface area contributed by atoms with Crippen molar-refractivity contribution in [3.63, 3.8) is 0 Å². The van der Waals surface area contributed by atoms with E-state index in [4.69, 9.17) is 9.47 Å². The first kappa shape index (κ1) is 28.2. The average molecular weight is 576 g/mol. The van der Waals surface area contributed by atoms with Crippen LogP contribution in [0.3, 0.4) is 0 Å². The van der Waals surface area contributed by atoms with Gasteiger partial charge in [-0.2, -0.15) is 5.10 Å². The van der Waals surface area contributed by atoms with Crippen molar-refractivity contribution in [1.82, 2.24) is 24.9 Å². The molecule has 0 aliphatic carbocycles. The summed E-state index contributed by atoms with van der Waals surface area (Å²) in [5, 5.41) is 28.1. The Hall–Kier alpha value is -3.93. The number of aliphatic hydroxyl groups is 1. The number of aryl methyl sites for hydroxylation is 1. The number of fused-ring (bicyclic) bond motifs is 4. The molecule has 3 N–H and O–H groups in total. The van der Waals surface area contributed by atoms with E-state index in [0.29, 0.717) is 56.8 Å². The summed E-state index contributed by atoms with van der Waals surface area (Å²) in [6, 6.07) is 11.8. The Labute approximate surface area is 244 Å². The number of aromatic nitrogens is 2. The van der Waals surface area contributed by atoms with E-state index in [0.717, 1.165) is 16.7 Å². The highest BCUT2D eigenvalue weighted by molar-refractivity contribution is 6.00. The predicted octanol–water partition coefficient (Wildman–Crippen LogP) is 1.93. The summed E-state index contributed by atoms with van der Waals surface area (Å²) < 4.78 is 14.1. The molecule has 6 rings (SSSR count). The summed E-state index contributed by atoms with van der Waals surface area (Å²) in [7, 11) is 1.85. The molecule has 2 amide bonds. The van der Waals surface area contributed by atoms with E-state index in [9.17, 15) is 19.8 Å². The van der Waals surface area contributed by atoms with E-state index in [1.807, 2.05) is 37.5 Å². The highest BCUT2D eigenvalue weighted by Crippen LogP contribution is 2.31. The van der Waals surface area contributed by atoms with Crippen LogP contribution < -0.4 is 10.1 Å². The van der Waals surface area contributed by atoms with Gasteiger partial charge in [0.25, 0.3) is 5.91 Å². The van der Waals surface area contributed by atoms with Gasteiger partial charge in [-0.1, -0.05) is 24.3 Å². The maximum absolute atomic E-state index is 14.1. The van der Waals surface area contributed by atoms with Crippen LogP contribution >= 0.6 is 0 Å². The van der Waals surface area contributed by atoms with Crippen molar-refractivity contribution >= 4 is 11.8 Å². The molecule has 0 unspecified atom stereocenters. The Morgan fingerprint density at radius 1 is 1.07 bits per heavy atom. The van der Waals surface area contributed by atoms with Crippen molar-refractivity contribution in [2.24, 2.45) is 7.05 Å². The second-order valence-corrected chi connectivity index (χ2v) is 11.3. The highest BCUT2D eigenvalue weighted by Gasteiger charge is 2.38. The van der Waals surface area contributed by atoms with E-state index in [-0.39, 0.29) is 36.8 Å². The second kappa shape index (κ2) is 12.1. The molecule has 0 radical (unpaired) electrons. The predicted molar refractivity (Wildman–Crippen MR) is 154 cm³/mol. The van der Waals surface area contributed by atoms with Gasteiger partial charge in [0.1, 0.15) is 23.6 Å². The molecule has 4 atom stereocenters. The maximum Gasteiger partial charge on any atom is 0.258 e. The normalized spacial score (nSPS) is 25.5. The third-order valence-electron chi connectivity index (χ3n) is 8.42. The lowest BCUT2D eigenvalue weighted by Crippen LogP contribution is -2.61. The van der Waals surface area contributed by atoms with Crippen LogP contribution in [-0.2, 0) is 23.1 Å². The van der Waals surface area contributed by atoms with Gasteiger partial charge in [-0.3, -0.25) is 19.2 Å². The van der Waals surface area contributed by atoms with Crippen LogP contribution in [0.2, 0.25) is 0 Å². The molecule has 3 aromatic rings. The molecule has 222 valence electrons. The average Bonchev–Trinajstić information content (AvgIpc) is 3.43. The summed E-state index contributed by atoms with van der Waals surface area (Å²) in [4.78, 5) is 31.5. The summed E-state index contributed by atoms with van der Waals surface area (Å²) in [6.45, 7) is 2.07. The Balaban J connectivity index is 1.32. The number of aliphatic hydroxyl groups excluding tert-OH is 1. The lowest BCUT2D eigenvalue weighted by molar-refractivity contribution is -0.135. The van der Waals surface area contributed by atoms with Crippen LogP contribution in [0.15, 0.2) is 54.9 Å². The summed E-state index contributed by atoms with van der Waals surface area (Å²) in [5.74, 6) is 0.0509. The molecule has 2 saturated heterocycles. The number of aromatic hydroxyl groups is 1. The Morgan fingerprint density at radius 2 is 1.93 bits per heavy atom. The fraction of sp³-hybridized carbons (Fsp3) is 0.452. The maximum atomic E-state index is 14.1. The lowest BCUT2D eigenvalue weighted by atomic mass is 9.98. The second-order valence-electron chi connectivity index (χ2n) is 11.3. The fourth-order valence-electron chi connectivity index (χ4n) is 6.02. The number of amides is 2. The van der Waals surface area contributed by atoms with E-state index >= 15 is 0 Å². The molecule has 2 fully saturated rings. The lowest BCUT2D eigenvalue weighted by Gasteiger charge is -2.41. The number of hydrogen-bond acceptors (Lipinski definition) is 8. The molecule has 42 heavy (non-hydrogen) atoms. The van der Waals surface area contributed by atoms with Crippen LogP contribution in [0, 0.1) is 0 Å². The molecule has 2 bridgehead atoms. The quantitative estimate of drug-likeness (QED) is 0.432. The van der Waals surface area contributed by atoms with Crippen molar-refractivity contribution in [3.8, 4) is 22.6 Å². The van der Waals surface area contributed by atoms with E-state index in [1.165, 1.54) is 0 Å². The number of phenols is 1. The number of carbonyl (C=O) groups excluding carboxylic acids is 2. The number of piperazine rings is 1. The third-order valence-corrected chi connectivity index (χ3v) is 8.42. The van der Waals surface area contributed by atoms with E-state index in [1.54, 1.807) is 34.0 Å². The summed E-state index contributed by atoms with van der Waals surface area (Å²) in [5.41, 5.74) is 2.92. The van der Waals surface area contributed by atoms with Crippen molar-refractivity contribution in [2.45, 2.75) is 50.2 Å². The number of hydrogen-bond donors (Lipinski definition) is 3. The molecule has 0 saturated carbocycles. The molecule has 4 heterocycles. The number of phenolic OH excluding ortho intramolecular Hbond substituents is 1. The van der Waals surface area contributed by atoms with Crippen LogP contribution in [0.1, 0.15) is 35.2 Å². The molecule has 1 aromatic heterocycles. The number of rotatable bonds is 3. The van der Waals surface area contributed by atoms with Crippen LogP contribution in [-0.4, -0.2) is 98.7 Å². The Bertz CT molecular complexity index is 1440. The highest BCUT2D eigenvalue weighted by atomic mass is 16.5. The minimum atomic E-state index is -0.789. The van der Waals surface area contributed by atoms with Gasteiger partial charge in [-0.15, -0.1) is 0 Å². The number of benzene rings is 2. The molecule has 0 spiro atoms. The van der Waals surface area contributed by atoms with Gasteiger partial charge in [0, 0.05) is 63.5 Å². The number of para-hydroxylation sites is 1. The molecule has 3 aliphatic rings. The Kier molecular flexibility index (Phi) is 8.14.